The zero-order valence-corrected chi connectivity index (χ0v) is 14.7. The summed E-state index contributed by atoms with van der Waals surface area (Å²) in [5.74, 6) is 0.0286. The van der Waals surface area contributed by atoms with E-state index in [4.69, 9.17) is 32.8 Å². The number of hydrogen-bond donors (Lipinski definition) is 1. The summed E-state index contributed by atoms with van der Waals surface area (Å²) in [6.07, 6.45) is 0. The molecular formula is C17H16Cl2N2O3. The van der Waals surface area contributed by atoms with Crippen molar-refractivity contribution in [1.82, 2.24) is 5.32 Å². The molecule has 0 fully saturated rings. The van der Waals surface area contributed by atoms with Crippen LogP contribution in [0.25, 0.3) is 0 Å². The van der Waals surface area contributed by atoms with Crippen LogP contribution in [0.15, 0.2) is 47.6 Å². The minimum Gasteiger partial charge on any atom is -0.486 e. The van der Waals surface area contributed by atoms with Gasteiger partial charge in [-0.15, -0.1) is 0 Å². The second kappa shape index (κ2) is 8.57. The summed E-state index contributed by atoms with van der Waals surface area (Å²) in [4.78, 5) is 16.8. The third kappa shape index (κ3) is 4.19. The maximum atomic E-state index is 12.0. The van der Waals surface area contributed by atoms with E-state index in [0.29, 0.717) is 21.4 Å². The molecule has 1 N–H and O–H groups in total. The molecule has 0 bridgehead atoms. The molecule has 5 nitrogen and oxygen atoms in total. The van der Waals surface area contributed by atoms with Gasteiger partial charge in [0.2, 0.25) is 0 Å². The van der Waals surface area contributed by atoms with Crippen LogP contribution in [0.3, 0.4) is 0 Å². The number of carbonyl (C=O) groups excluding carboxylic acids is 1. The predicted molar refractivity (Wildman–Crippen MR) is 94.8 cm³/mol. The van der Waals surface area contributed by atoms with Crippen LogP contribution in [0.4, 0.5) is 0 Å². The standard InChI is InChI=1S/C17H16Cl2N2O3/c1-20-17(22)15(21-23-2)12-7-4-3-6-11(12)10-24-16-13(18)8-5-9-14(16)19/h3-9H,10H2,1-2H3,(H,20,22). The molecule has 0 unspecified atom stereocenters. The Morgan fingerprint density at radius 3 is 2.42 bits per heavy atom. The lowest BCUT2D eigenvalue weighted by molar-refractivity contribution is -0.114. The molecular weight excluding hydrogens is 351 g/mol. The minimum absolute atomic E-state index is 0.157. The first-order valence-electron chi connectivity index (χ1n) is 7.06. The summed E-state index contributed by atoms with van der Waals surface area (Å²) in [5, 5.41) is 7.18. The number of hydrogen-bond acceptors (Lipinski definition) is 4. The molecule has 7 heteroatoms. The van der Waals surface area contributed by atoms with Gasteiger partial charge in [0.15, 0.2) is 11.5 Å². The lowest BCUT2D eigenvalue weighted by Gasteiger charge is -2.13. The van der Waals surface area contributed by atoms with E-state index in [1.54, 1.807) is 30.3 Å². The van der Waals surface area contributed by atoms with Gasteiger partial charge in [-0.3, -0.25) is 4.79 Å². The maximum absolute atomic E-state index is 12.0. The van der Waals surface area contributed by atoms with Crippen molar-refractivity contribution in [3.05, 3.63) is 63.6 Å². The largest absolute Gasteiger partial charge is 0.486 e. The molecule has 1 amide bonds. The molecule has 0 saturated heterocycles. The van der Waals surface area contributed by atoms with Crippen molar-refractivity contribution >= 4 is 34.8 Å². The summed E-state index contributed by atoms with van der Waals surface area (Å²) in [6.45, 7) is 0.166. The molecule has 2 rings (SSSR count). The molecule has 0 spiro atoms. The SMILES string of the molecule is CNC(=O)C(=NOC)c1ccccc1COc1c(Cl)cccc1Cl. The predicted octanol–water partition coefficient (Wildman–Crippen LogP) is 3.67. The highest BCUT2D eigenvalue weighted by molar-refractivity contribution is 6.45. The van der Waals surface area contributed by atoms with Crippen molar-refractivity contribution in [1.29, 1.82) is 0 Å². The van der Waals surface area contributed by atoms with Crippen molar-refractivity contribution in [2.45, 2.75) is 6.61 Å². The van der Waals surface area contributed by atoms with Crippen molar-refractivity contribution in [3.8, 4) is 5.75 Å². The van der Waals surface area contributed by atoms with E-state index in [-0.39, 0.29) is 18.2 Å². The molecule has 0 aromatic heterocycles. The zero-order valence-electron chi connectivity index (χ0n) is 13.2. The van der Waals surface area contributed by atoms with Gasteiger partial charge in [-0.2, -0.15) is 0 Å². The van der Waals surface area contributed by atoms with E-state index in [1.807, 2.05) is 12.1 Å². The molecule has 0 aliphatic heterocycles. The Balaban J connectivity index is 2.32. The fourth-order valence-corrected chi connectivity index (χ4v) is 2.58. The first-order valence-corrected chi connectivity index (χ1v) is 7.82. The lowest BCUT2D eigenvalue weighted by Crippen LogP contribution is -2.29. The number of nitrogens with one attached hydrogen (secondary N) is 1. The Bertz CT molecular complexity index is 743. The highest BCUT2D eigenvalue weighted by Gasteiger charge is 2.18. The quantitative estimate of drug-likeness (QED) is 0.626. The van der Waals surface area contributed by atoms with Gasteiger partial charge in [-0.25, -0.2) is 0 Å². The second-order valence-electron chi connectivity index (χ2n) is 4.70. The average Bonchev–Trinajstić information content (AvgIpc) is 2.59. The van der Waals surface area contributed by atoms with Crippen LogP contribution in [0.2, 0.25) is 10.0 Å². The number of oxime groups is 1. The van der Waals surface area contributed by atoms with E-state index >= 15 is 0 Å². The van der Waals surface area contributed by atoms with E-state index in [9.17, 15) is 4.79 Å². The molecule has 126 valence electrons. The van der Waals surface area contributed by atoms with E-state index in [1.165, 1.54) is 14.2 Å². The maximum Gasteiger partial charge on any atom is 0.273 e. The monoisotopic (exact) mass is 366 g/mol. The fraction of sp³-hybridized carbons (Fsp3) is 0.176. The topological polar surface area (TPSA) is 59.9 Å². The number of amides is 1. The smallest absolute Gasteiger partial charge is 0.273 e. The highest BCUT2D eigenvalue weighted by Crippen LogP contribution is 2.33. The third-order valence-electron chi connectivity index (χ3n) is 3.19. The second-order valence-corrected chi connectivity index (χ2v) is 5.51. The Kier molecular flexibility index (Phi) is 6.46. The van der Waals surface area contributed by atoms with Gasteiger partial charge in [0, 0.05) is 12.6 Å². The third-order valence-corrected chi connectivity index (χ3v) is 3.78. The van der Waals surface area contributed by atoms with Gasteiger partial charge in [0.1, 0.15) is 13.7 Å². The summed E-state index contributed by atoms with van der Waals surface area (Å²) < 4.78 is 5.74. The van der Waals surface area contributed by atoms with Gasteiger partial charge in [-0.05, 0) is 17.7 Å². The summed E-state index contributed by atoms with van der Waals surface area (Å²) in [6, 6.07) is 12.3. The van der Waals surface area contributed by atoms with Crippen LogP contribution < -0.4 is 10.1 Å². The van der Waals surface area contributed by atoms with Crippen LogP contribution >= 0.6 is 23.2 Å². The van der Waals surface area contributed by atoms with Crippen LogP contribution in [0.5, 0.6) is 5.75 Å². The first kappa shape index (κ1) is 18.1. The number of rotatable bonds is 6. The Labute approximate surface area is 150 Å². The molecule has 0 atom stereocenters. The van der Waals surface area contributed by atoms with Gasteiger partial charge >= 0.3 is 0 Å². The normalized spacial score (nSPS) is 11.1. The van der Waals surface area contributed by atoms with Crippen molar-refractivity contribution < 1.29 is 14.4 Å². The van der Waals surface area contributed by atoms with Gasteiger partial charge in [0.05, 0.1) is 10.0 Å². The Hall–Kier alpha value is -2.24. The lowest BCUT2D eigenvalue weighted by atomic mass is 10.0. The number of para-hydroxylation sites is 1. The average molecular weight is 367 g/mol. The molecule has 0 heterocycles. The fourth-order valence-electron chi connectivity index (χ4n) is 2.07. The van der Waals surface area contributed by atoms with Crippen molar-refractivity contribution in [2.75, 3.05) is 14.2 Å². The van der Waals surface area contributed by atoms with E-state index < -0.39 is 0 Å². The van der Waals surface area contributed by atoms with Gasteiger partial charge in [0.25, 0.3) is 5.91 Å². The molecule has 2 aromatic carbocycles. The van der Waals surface area contributed by atoms with Crippen molar-refractivity contribution in [2.24, 2.45) is 5.16 Å². The Morgan fingerprint density at radius 2 is 1.79 bits per heavy atom. The number of halogens is 2. The molecule has 0 saturated carbocycles. The van der Waals surface area contributed by atoms with Crippen LogP contribution in [-0.2, 0) is 16.2 Å². The van der Waals surface area contributed by atoms with Crippen LogP contribution in [-0.4, -0.2) is 25.8 Å². The Morgan fingerprint density at radius 1 is 1.12 bits per heavy atom. The molecule has 2 aromatic rings. The first-order chi connectivity index (χ1) is 11.6. The number of ether oxygens (including phenoxy) is 1. The molecule has 0 radical (unpaired) electrons. The zero-order chi connectivity index (χ0) is 17.5. The number of nitrogens with zero attached hydrogens (tertiary/aromatic N) is 1. The number of likely N-dealkylation sites (N-methyl/N-ethyl adjacent to an activating group) is 1. The molecule has 0 aliphatic rings. The minimum atomic E-state index is -0.361. The van der Waals surface area contributed by atoms with Crippen molar-refractivity contribution in [3.63, 3.8) is 0 Å². The highest BCUT2D eigenvalue weighted by atomic mass is 35.5. The van der Waals surface area contributed by atoms with E-state index in [2.05, 4.69) is 10.5 Å². The molecule has 0 aliphatic carbocycles. The van der Waals surface area contributed by atoms with E-state index in [0.717, 1.165) is 5.56 Å². The van der Waals surface area contributed by atoms with Crippen LogP contribution in [0.1, 0.15) is 11.1 Å². The summed E-state index contributed by atoms with van der Waals surface area (Å²) in [7, 11) is 2.90. The summed E-state index contributed by atoms with van der Waals surface area (Å²) in [5.41, 5.74) is 1.50. The number of carbonyl (C=O) groups is 1. The number of benzene rings is 2. The molecule has 24 heavy (non-hydrogen) atoms. The summed E-state index contributed by atoms with van der Waals surface area (Å²) >= 11 is 12.2. The van der Waals surface area contributed by atoms with Crippen LogP contribution in [0, 0.1) is 0 Å². The van der Waals surface area contributed by atoms with Gasteiger partial charge < -0.3 is 14.9 Å². The van der Waals surface area contributed by atoms with Gasteiger partial charge in [-0.1, -0.05) is 58.7 Å².